The molecule has 4 heterocycles. The number of amides is 1. The van der Waals surface area contributed by atoms with E-state index >= 15 is 0 Å². The number of fused-ring (bicyclic) bond motifs is 2. The molecule has 1 amide bonds. The van der Waals surface area contributed by atoms with E-state index in [0.29, 0.717) is 16.1 Å². The number of hydrogen-bond donors (Lipinski definition) is 2. The van der Waals surface area contributed by atoms with E-state index in [4.69, 9.17) is 21.6 Å². The van der Waals surface area contributed by atoms with Crippen LogP contribution in [0.5, 0.6) is 0 Å². The van der Waals surface area contributed by atoms with Crippen LogP contribution in [0.4, 0.5) is 0 Å². The lowest BCUT2D eigenvalue weighted by molar-refractivity contribution is 0.0795. The second-order valence-corrected chi connectivity index (χ2v) is 12.9. The Morgan fingerprint density at radius 3 is 2.73 bits per heavy atom. The summed E-state index contributed by atoms with van der Waals surface area (Å²) in [5, 5.41) is 13.9. The van der Waals surface area contributed by atoms with Gasteiger partial charge in [-0.3, -0.25) is 4.79 Å². The lowest BCUT2D eigenvalue weighted by atomic mass is 9.71. The number of aliphatic hydroxyl groups excluding tert-OH is 1. The van der Waals surface area contributed by atoms with Crippen molar-refractivity contribution < 1.29 is 9.90 Å². The van der Waals surface area contributed by atoms with Crippen LogP contribution in [0.15, 0.2) is 24.4 Å². The molecule has 7 nitrogen and oxygen atoms in total. The van der Waals surface area contributed by atoms with Crippen molar-refractivity contribution in [1.29, 1.82) is 0 Å². The van der Waals surface area contributed by atoms with Crippen LogP contribution in [-0.4, -0.2) is 56.6 Å². The number of nitrogens with zero attached hydrogens (tertiary/aromatic N) is 4. The molecule has 2 aliphatic rings. The summed E-state index contributed by atoms with van der Waals surface area (Å²) >= 11 is 7.38. The summed E-state index contributed by atoms with van der Waals surface area (Å²) in [5.74, 6) is 0.431. The van der Waals surface area contributed by atoms with Crippen molar-refractivity contribution >= 4 is 39.2 Å². The highest BCUT2D eigenvalue weighted by Gasteiger charge is 2.30. The zero-order valence-electron chi connectivity index (χ0n) is 21.8. The Morgan fingerprint density at radius 1 is 1.24 bits per heavy atom. The Labute approximate surface area is 227 Å². The van der Waals surface area contributed by atoms with Crippen LogP contribution >= 0.6 is 22.9 Å². The SMILES string of the molecule is CC(C)(C)C1CCc2nc3sc(C(=O)N[C@H](CCN4CCC(O)CC4)c4ccc(Cl)nc4)nc3cc2C1. The average Bonchev–Trinajstić information content (AvgIpc) is 3.28. The Balaban J connectivity index is 1.32. The number of pyridine rings is 2. The fourth-order valence-corrected chi connectivity index (χ4v) is 6.39. The molecule has 2 atom stereocenters. The summed E-state index contributed by atoms with van der Waals surface area (Å²) in [7, 11) is 0. The van der Waals surface area contributed by atoms with Crippen LogP contribution in [0.3, 0.4) is 0 Å². The molecule has 0 spiro atoms. The first-order chi connectivity index (χ1) is 17.7. The molecule has 198 valence electrons. The first-order valence-corrected chi connectivity index (χ1v) is 14.5. The van der Waals surface area contributed by atoms with Crippen LogP contribution in [-0.2, 0) is 12.8 Å². The smallest absolute Gasteiger partial charge is 0.280 e. The van der Waals surface area contributed by atoms with E-state index < -0.39 is 0 Å². The van der Waals surface area contributed by atoms with Crippen LogP contribution < -0.4 is 5.32 Å². The molecule has 3 aromatic rings. The predicted molar refractivity (Wildman–Crippen MR) is 148 cm³/mol. The number of piperidine rings is 1. The van der Waals surface area contributed by atoms with Gasteiger partial charge in [0.1, 0.15) is 15.5 Å². The van der Waals surface area contributed by atoms with Crippen molar-refractivity contribution in [1.82, 2.24) is 25.2 Å². The molecule has 0 radical (unpaired) electrons. The van der Waals surface area contributed by atoms with Gasteiger partial charge in [0.15, 0.2) is 5.01 Å². The van der Waals surface area contributed by atoms with Gasteiger partial charge in [-0.25, -0.2) is 15.0 Å². The molecular formula is C28H36ClN5O2S. The van der Waals surface area contributed by atoms with Crippen LogP contribution in [0, 0.1) is 11.3 Å². The molecule has 37 heavy (non-hydrogen) atoms. The van der Waals surface area contributed by atoms with Gasteiger partial charge in [-0.1, -0.05) is 49.8 Å². The molecular weight excluding hydrogens is 506 g/mol. The molecule has 0 saturated carbocycles. The highest BCUT2D eigenvalue weighted by molar-refractivity contribution is 7.19. The largest absolute Gasteiger partial charge is 0.393 e. The highest BCUT2D eigenvalue weighted by atomic mass is 35.5. The molecule has 5 rings (SSSR count). The van der Waals surface area contributed by atoms with Gasteiger partial charge in [0, 0.05) is 31.5 Å². The van der Waals surface area contributed by atoms with Crippen molar-refractivity contribution in [2.45, 2.75) is 71.4 Å². The normalized spacial score (nSPS) is 20.1. The number of aliphatic hydroxyl groups is 1. The van der Waals surface area contributed by atoms with Gasteiger partial charge in [-0.2, -0.15) is 0 Å². The molecule has 1 aliphatic carbocycles. The monoisotopic (exact) mass is 541 g/mol. The number of thiazole rings is 1. The van der Waals surface area contributed by atoms with E-state index in [1.807, 2.05) is 6.07 Å². The fraction of sp³-hybridized carbons (Fsp3) is 0.571. The molecule has 2 N–H and O–H groups in total. The Kier molecular flexibility index (Phi) is 7.82. The van der Waals surface area contributed by atoms with Crippen molar-refractivity contribution in [3.63, 3.8) is 0 Å². The average molecular weight is 542 g/mol. The van der Waals surface area contributed by atoms with Gasteiger partial charge < -0.3 is 15.3 Å². The molecule has 1 aliphatic heterocycles. The maximum Gasteiger partial charge on any atom is 0.280 e. The number of carbonyl (C=O) groups is 1. The number of rotatable bonds is 6. The summed E-state index contributed by atoms with van der Waals surface area (Å²) in [5.41, 5.74) is 4.41. The molecule has 9 heteroatoms. The van der Waals surface area contributed by atoms with Crippen LogP contribution in [0.25, 0.3) is 10.3 Å². The standard InChI is InChI=1S/C28H36ClN5O2S/c1-28(2,3)19-5-6-21-18(14-19)15-23-26(32-21)37-27(33-23)25(36)31-22(17-4-7-24(29)30-16-17)10-13-34-11-8-20(35)9-12-34/h4,7,15-16,19-20,22,35H,5-6,8-14H2,1-3H3,(H,31,36)/t19?,22-/m1/s1. The summed E-state index contributed by atoms with van der Waals surface area (Å²) in [6.07, 6.45) is 6.98. The van der Waals surface area contributed by atoms with Gasteiger partial charge >= 0.3 is 0 Å². The highest BCUT2D eigenvalue weighted by Crippen LogP contribution is 2.38. The topological polar surface area (TPSA) is 91.2 Å². The molecule has 1 unspecified atom stereocenters. The summed E-state index contributed by atoms with van der Waals surface area (Å²) in [6.45, 7) is 9.47. The second kappa shape index (κ2) is 10.9. The number of halogens is 1. The van der Waals surface area contributed by atoms with Gasteiger partial charge in [0.2, 0.25) is 0 Å². The number of aromatic nitrogens is 3. The maximum atomic E-state index is 13.4. The lowest BCUT2D eigenvalue weighted by Crippen LogP contribution is -2.38. The van der Waals surface area contributed by atoms with Gasteiger partial charge in [0.05, 0.1) is 12.1 Å². The van der Waals surface area contributed by atoms with Crippen molar-refractivity contribution in [3.05, 3.63) is 51.4 Å². The third-order valence-corrected chi connectivity index (χ3v) is 9.10. The zero-order chi connectivity index (χ0) is 26.2. The van der Waals surface area contributed by atoms with Crippen LogP contribution in [0.1, 0.15) is 79.1 Å². The fourth-order valence-electron chi connectivity index (χ4n) is 5.44. The van der Waals surface area contributed by atoms with Gasteiger partial charge in [-0.15, -0.1) is 0 Å². The first kappa shape index (κ1) is 26.5. The summed E-state index contributed by atoms with van der Waals surface area (Å²) < 4.78 is 0. The van der Waals surface area contributed by atoms with Gasteiger partial charge in [0.25, 0.3) is 5.91 Å². The Bertz CT molecular complexity index is 1250. The third kappa shape index (κ3) is 6.30. The molecule has 3 aromatic heterocycles. The van der Waals surface area contributed by atoms with E-state index in [9.17, 15) is 9.90 Å². The second-order valence-electron chi connectivity index (χ2n) is 11.5. The van der Waals surface area contributed by atoms with Crippen LogP contribution in [0.2, 0.25) is 5.15 Å². The minimum absolute atomic E-state index is 0.192. The van der Waals surface area contributed by atoms with E-state index in [1.165, 1.54) is 16.9 Å². The number of nitrogens with one attached hydrogen (secondary N) is 1. The minimum atomic E-state index is -0.218. The molecule has 1 fully saturated rings. The quantitative estimate of drug-likeness (QED) is 0.416. The number of carbonyl (C=O) groups excluding carboxylic acids is 1. The molecule has 0 aromatic carbocycles. The lowest BCUT2D eigenvalue weighted by Gasteiger charge is -2.34. The molecule has 0 bridgehead atoms. The summed E-state index contributed by atoms with van der Waals surface area (Å²) in [6, 6.07) is 5.60. The number of hydrogen-bond acceptors (Lipinski definition) is 7. The first-order valence-electron chi connectivity index (χ1n) is 13.3. The van der Waals surface area contributed by atoms with E-state index in [2.05, 4.69) is 42.0 Å². The molecule has 1 saturated heterocycles. The Hall–Kier alpha value is -2.13. The van der Waals surface area contributed by atoms with Crippen molar-refractivity contribution in [2.75, 3.05) is 19.6 Å². The van der Waals surface area contributed by atoms with Gasteiger partial charge in [-0.05, 0) is 73.1 Å². The van der Waals surface area contributed by atoms with E-state index in [1.54, 1.807) is 12.3 Å². The Morgan fingerprint density at radius 2 is 2.03 bits per heavy atom. The number of aryl methyl sites for hydroxylation is 1. The van der Waals surface area contributed by atoms with Crippen molar-refractivity contribution in [3.8, 4) is 0 Å². The maximum absolute atomic E-state index is 13.4. The van der Waals surface area contributed by atoms with E-state index in [0.717, 1.165) is 79.8 Å². The minimum Gasteiger partial charge on any atom is -0.393 e. The van der Waals surface area contributed by atoms with Crippen molar-refractivity contribution in [2.24, 2.45) is 11.3 Å². The number of likely N-dealkylation sites (tertiary alicyclic amines) is 1. The predicted octanol–water partition coefficient (Wildman–Crippen LogP) is 5.21. The van der Waals surface area contributed by atoms with E-state index in [-0.39, 0.29) is 23.5 Å². The zero-order valence-corrected chi connectivity index (χ0v) is 23.4. The third-order valence-electron chi connectivity index (χ3n) is 7.92. The summed E-state index contributed by atoms with van der Waals surface area (Å²) in [4.78, 5) is 30.4.